The number of hydrogen-bond donors (Lipinski definition) is 0. The third-order valence-corrected chi connectivity index (χ3v) is 5.26. The van der Waals surface area contributed by atoms with Gasteiger partial charge in [0.15, 0.2) is 5.82 Å². The van der Waals surface area contributed by atoms with Gasteiger partial charge in [-0.25, -0.2) is 4.68 Å². The molecule has 0 N–H and O–H groups in total. The second-order valence-electron chi connectivity index (χ2n) is 5.75. The van der Waals surface area contributed by atoms with E-state index in [1.807, 2.05) is 48.8 Å². The Morgan fingerprint density at radius 3 is 2.38 bits per heavy atom. The van der Waals surface area contributed by atoms with Crippen molar-refractivity contribution in [3.8, 4) is 27.0 Å². The molecule has 124 valence electrons. The smallest absolute Gasteiger partial charge is 0.183 e. The maximum absolute atomic E-state index is 4.52. The van der Waals surface area contributed by atoms with Gasteiger partial charge in [0.1, 0.15) is 5.69 Å². The molecular formula is C20H13N5S. The van der Waals surface area contributed by atoms with Crippen LogP contribution in [0, 0.1) is 0 Å². The molecular weight excluding hydrogens is 342 g/mol. The Hall–Kier alpha value is -3.38. The second kappa shape index (κ2) is 6.16. The Labute approximate surface area is 153 Å². The van der Waals surface area contributed by atoms with Crippen LogP contribution in [0.25, 0.3) is 37.7 Å². The summed E-state index contributed by atoms with van der Waals surface area (Å²) < 4.78 is 1.74. The zero-order valence-corrected chi connectivity index (χ0v) is 14.5. The number of fused-ring (bicyclic) bond motifs is 1. The predicted molar refractivity (Wildman–Crippen MR) is 103 cm³/mol. The van der Waals surface area contributed by atoms with Crippen molar-refractivity contribution in [2.24, 2.45) is 0 Å². The lowest BCUT2D eigenvalue weighted by Crippen LogP contribution is -2.02. The third-order valence-electron chi connectivity index (χ3n) is 4.15. The lowest BCUT2D eigenvalue weighted by molar-refractivity contribution is 0.827. The van der Waals surface area contributed by atoms with Crippen LogP contribution in [0.3, 0.4) is 0 Å². The lowest BCUT2D eigenvalue weighted by Gasteiger charge is -2.08. The zero-order valence-electron chi connectivity index (χ0n) is 13.6. The van der Waals surface area contributed by atoms with Crippen LogP contribution in [-0.4, -0.2) is 25.0 Å². The molecule has 0 fully saturated rings. The zero-order chi connectivity index (χ0) is 17.3. The van der Waals surface area contributed by atoms with Crippen LogP contribution in [0.4, 0.5) is 0 Å². The van der Waals surface area contributed by atoms with Gasteiger partial charge in [0, 0.05) is 29.4 Å². The van der Waals surface area contributed by atoms with E-state index in [9.17, 15) is 0 Å². The summed E-state index contributed by atoms with van der Waals surface area (Å²) in [6.45, 7) is 0. The first-order chi connectivity index (χ1) is 12.9. The van der Waals surface area contributed by atoms with Crippen LogP contribution in [0.1, 0.15) is 0 Å². The highest BCUT2D eigenvalue weighted by atomic mass is 32.1. The molecule has 4 aromatic heterocycles. The molecule has 5 rings (SSSR count). The van der Waals surface area contributed by atoms with E-state index in [1.54, 1.807) is 22.2 Å². The molecule has 0 saturated carbocycles. The van der Waals surface area contributed by atoms with Crippen LogP contribution < -0.4 is 0 Å². The van der Waals surface area contributed by atoms with Crippen molar-refractivity contribution < 1.29 is 0 Å². The first-order valence-corrected chi connectivity index (χ1v) is 8.99. The molecule has 26 heavy (non-hydrogen) atoms. The maximum atomic E-state index is 4.52. The third kappa shape index (κ3) is 2.48. The minimum Gasteiger partial charge on any atom is -0.255 e. The van der Waals surface area contributed by atoms with E-state index in [0.29, 0.717) is 0 Å². The number of benzene rings is 1. The van der Waals surface area contributed by atoms with Crippen molar-refractivity contribution in [1.29, 1.82) is 0 Å². The summed E-state index contributed by atoms with van der Waals surface area (Å²) in [6.07, 6.45) is 5.42. The molecule has 0 radical (unpaired) electrons. The fourth-order valence-electron chi connectivity index (χ4n) is 2.95. The summed E-state index contributed by atoms with van der Waals surface area (Å²) in [4.78, 5) is 6.61. The van der Waals surface area contributed by atoms with E-state index in [4.69, 9.17) is 0 Å². The summed E-state index contributed by atoms with van der Waals surface area (Å²) in [7, 11) is 0. The molecule has 0 unspecified atom stereocenters. The number of aromatic nitrogens is 5. The topological polar surface area (TPSA) is 56.5 Å². The van der Waals surface area contributed by atoms with E-state index >= 15 is 0 Å². The minimum atomic E-state index is 0.732. The standard InChI is InChI=1S/C20H13N5S/c1-2-7-15-14(6-1)19(23-24-20(15)25-13-5-12-22-25)18-10-9-17(26-18)16-8-3-4-11-21-16/h1-13H. The Balaban J connectivity index is 1.67. The molecule has 0 amide bonds. The minimum absolute atomic E-state index is 0.732. The van der Waals surface area contributed by atoms with Crippen molar-refractivity contribution >= 4 is 22.1 Å². The van der Waals surface area contributed by atoms with Crippen molar-refractivity contribution in [3.63, 3.8) is 0 Å². The average Bonchev–Trinajstić information content (AvgIpc) is 3.40. The van der Waals surface area contributed by atoms with Crippen molar-refractivity contribution in [2.45, 2.75) is 0 Å². The van der Waals surface area contributed by atoms with Gasteiger partial charge in [0.25, 0.3) is 0 Å². The van der Waals surface area contributed by atoms with Crippen molar-refractivity contribution in [2.75, 3.05) is 0 Å². The molecule has 6 heteroatoms. The van der Waals surface area contributed by atoms with Gasteiger partial charge in [0.05, 0.1) is 15.4 Å². The lowest BCUT2D eigenvalue weighted by atomic mass is 10.1. The van der Waals surface area contributed by atoms with Gasteiger partial charge in [-0.2, -0.15) is 5.10 Å². The molecule has 0 atom stereocenters. The Kier molecular flexibility index (Phi) is 3.54. The van der Waals surface area contributed by atoms with Gasteiger partial charge in [-0.1, -0.05) is 30.3 Å². The highest BCUT2D eigenvalue weighted by Crippen LogP contribution is 2.36. The van der Waals surface area contributed by atoms with Gasteiger partial charge >= 0.3 is 0 Å². The van der Waals surface area contributed by atoms with E-state index in [-0.39, 0.29) is 0 Å². The Morgan fingerprint density at radius 2 is 1.58 bits per heavy atom. The number of hydrogen-bond acceptors (Lipinski definition) is 5. The molecule has 0 aliphatic rings. The van der Waals surface area contributed by atoms with Gasteiger partial charge in [-0.3, -0.25) is 4.98 Å². The number of pyridine rings is 1. The molecule has 0 saturated heterocycles. The second-order valence-corrected chi connectivity index (χ2v) is 6.83. The van der Waals surface area contributed by atoms with Crippen LogP contribution in [0.15, 0.2) is 79.3 Å². The summed E-state index contributed by atoms with van der Waals surface area (Å²) in [5.41, 5.74) is 1.85. The summed E-state index contributed by atoms with van der Waals surface area (Å²) in [5.74, 6) is 0.732. The Bertz CT molecular complexity index is 1180. The fourth-order valence-corrected chi connectivity index (χ4v) is 3.93. The van der Waals surface area contributed by atoms with E-state index < -0.39 is 0 Å². The van der Waals surface area contributed by atoms with Crippen LogP contribution in [0.2, 0.25) is 0 Å². The van der Waals surface area contributed by atoms with E-state index in [1.165, 1.54) is 0 Å². The molecule has 0 spiro atoms. The van der Waals surface area contributed by atoms with E-state index in [0.717, 1.165) is 37.7 Å². The fraction of sp³-hybridized carbons (Fsp3) is 0. The normalized spacial score (nSPS) is 11.1. The number of rotatable bonds is 3. The predicted octanol–water partition coefficient (Wildman–Crippen LogP) is 4.61. The first-order valence-electron chi connectivity index (χ1n) is 8.17. The van der Waals surface area contributed by atoms with Crippen molar-refractivity contribution in [1.82, 2.24) is 25.0 Å². The highest BCUT2D eigenvalue weighted by Gasteiger charge is 2.14. The summed E-state index contributed by atoms with van der Waals surface area (Å²) >= 11 is 1.67. The summed E-state index contributed by atoms with van der Waals surface area (Å²) in [5, 5.41) is 15.3. The molecule has 1 aromatic carbocycles. The van der Waals surface area contributed by atoms with Crippen LogP contribution in [-0.2, 0) is 0 Å². The highest BCUT2D eigenvalue weighted by molar-refractivity contribution is 7.18. The van der Waals surface area contributed by atoms with Crippen molar-refractivity contribution in [3.05, 3.63) is 79.3 Å². The molecule has 5 aromatic rings. The molecule has 0 aliphatic heterocycles. The monoisotopic (exact) mass is 355 g/mol. The first kappa shape index (κ1) is 14.9. The number of nitrogens with zero attached hydrogens (tertiary/aromatic N) is 5. The SMILES string of the molecule is c1ccc(-c2ccc(-c3nnc(-n4cccn4)c4ccccc34)s2)nc1. The number of thiophene rings is 1. The summed E-state index contributed by atoms with van der Waals surface area (Å²) in [6, 6.07) is 20.1. The van der Waals surface area contributed by atoms with Gasteiger partial charge in [0.2, 0.25) is 0 Å². The average molecular weight is 355 g/mol. The van der Waals surface area contributed by atoms with E-state index in [2.05, 4.69) is 44.5 Å². The molecule has 5 nitrogen and oxygen atoms in total. The van der Waals surface area contributed by atoms with Crippen LogP contribution in [0.5, 0.6) is 0 Å². The van der Waals surface area contributed by atoms with Gasteiger partial charge < -0.3 is 0 Å². The Morgan fingerprint density at radius 1 is 0.731 bits per heavy atom. The molecule has 0 bridgehead atoms. The van der Waals surface area contributed by atoms with Gasteiger partial charge in [-0.15, -0.1) is 21.5 Å². The molecule has 0 aliphatic carbocycles. The molecule has 4 heterocycles. The quantitative estimate of drug-likeness (QED) is 0.474. The largest absolute Gasteiger partial charge is 0.255 e. The maximum Gasteiger partial charge on any atom is 0.183 e. The van der Waals surface area contributed by atoms with Gasteiger partial charge in [-0.05, 0) is 30.3 Å². The van der Waals surface area contributed by atoms with Crippen LogP contribution >= 0.6 is 11.3 Å².